The molecule has 0 saturated carbocycles. The standard InChI is InChI=1S/C10H13NO/c11-10-3-1-2-7-6-8(12)4-5-9(7)10/h4-6,10,12H,1-3,11H2/t10-/m0/s1. The third kappa shape index (κ3) is 1.18. The molecule has 3 N–H and O–H groups in total. The van der Waals surface area contributed by atoms with Crippen LogP contribution in [0.3, 0.4) is 0 Å². The fourth-order valence-corrected chi connectivity index (χ4v) is 1.84. The summed E-state index contributed by atoms with van der Waals surface area (Å²) in [4.78, 5) is 0. The Kier molecular flexibility index (Phi) is 1.77. The minimum absolute atomic E-state index is 0.175. The summed E-state index contributed by atoms with van der Waals surface area (Å²) in [6.07, 6.45) is 3.26. The second kappa shape index (κ2) is 2.79. The van der Waals surface area contributed by atoms with Gasteiger partial charge >= 0.3 is 0 Å². The fraction of sp³-hybridized carbons (Fsp3) is 0.400. The molecule has 0 bridgehead atoms. The molecule has 0 saturated heterocycles. The van der Waals surface area contributed by atoms with Gasteiger partial charge in [-0.2, -0.15) is 0 Å². The normalized spacial score (nSPS) is 21.9. The van der Waals surface area contributed by atoms with Crippen molar-refractivity contribution in [2.45, 2.75) is 25.3 Å². The van der Waals surface area contributed by atoms with Gasteiger partial charge in [-0.15, -0.1) is 0 Å². The minimum Gasteiger partial charge on any atom is -0.508 e. The van der Waals surface area contributed by atoms with Crippen LogP contribution in [-0.2, 0) is 6.42 Å². The summed E-state index contributed by atoms with van der Waals surface area (Å²) >= 11 is 0. The van der Waals surface area contributed by atoms with Crippen molar-refractivity contribution in [3.63, 3.8) is 0 Å². The van der Waals surface area contributed by atoms with E-state index < -0.39 is 0 Å². The van der Waals surface area contributed by atoms with Crippen molar-refractivity contribution in [2.24, 2.45) is 5.73 Å². The van der Waals surface area contributed by atoms with Crippen molar-refractivity contribution in [3.05, 3.63) is 29.3 Å². The molecule has 2 heteroatoms. The van der Waals surface area contributed by atoms with Gasteiger partial charge in [0.25, 0.3) is 0 Å². The lowest BCUT2D eigenvalue weighted by molar-refractivity contribution is 0.471. The van der Waals surface area contributed by atoms with Crippen molar-refractivity contribution in [1.82, 2.24) is 0 Å². The Morgan fingerprint density at radius 3 is 3.08 bits per heavy atom. The molecule has 2 nitrogen and oxygen atoms in total. The van der Waals surface area contributed by atoms with Crippen LogP contribution < -0.4 is 5.73 Å². The maximum atomic E-state index is 9.23. The molecular weight excluding hydrogens is 150 g/mol. The molecule has 0 unspecified atom stereocenters. The monoisotopic (exact) mass is 163 g/mol. The predicted octanol–water partition coefficient (Wildman–Crippen LogP) is 1.73. The van der Waals surface area contributed by atoms with E-state index in [-0.39, 0.29) is 6.04 Å². The summed E-state index contributed by atoms with van der Waals surface area (Å²) in [5.41, 5.74) is 8.34. The molecule has 0 fully saturated rings. The average Bonchev–Trinajstić information content (AvgIpc) is 2.04. The maximum Gasteiger partial charge on any atom is 0.115 e. The first-order valence-corrected chi connectivity index (χ1v) is 4.35. The van der Waals surface area contributed by atoms with E-state index in [1.807, 2.05) is 12.1 Å². The predicted molar refractivity (Wildman–Crippen MR) is 48.0 cm³/mol. The quantitative estimate of drug-likeness (QED) is 0.611. The summed E-state index contributed by atoms with van der Waals surface area (Å²) in [6, 6.07) is 5.65. The molecule has 0 spiro atoms. The molecule has 12 heavy (non-hydrogen) atoms. The van der Waals surface area contributed by atoms with Gasteiger partial charge in [0.15, 0.2) is 0 Å². The van der Waals surface area contributed by atoms with E-state index in [1.54, 1.807) is 6.07 Å². The van der Waals surface area contributed by atoms with Gasteiger partial charge in [0, 0.05) is 6.04 Å². The Labute approximate surface area is 72.0 Å². The number of nitrogens with two attached hydrogens (primary N) is 1. The first-order valence-electron chi connectivity index (χ1n) is 4.35. The second-order valence-corrected chi connectivity index (χ2v) is 3.38. The van der Waals surface area contributed by atoms with E-state index in [0.29, 0.717) is 5.75 Å². The number of hydrogen-bond acceptors (Lipinski definition) is 2. The van der Waals surface area contributed by atoms with E-state index in [0.717, 1.165) is 19.3 Å². The van der Waals surface area contributed by atoms with Gasteiger partial charge in [-0.1, -0.05) is 6.07 Å². The van der Waals surface area contributed by atoms with Crippen LogP contribution in [0, 0.1) is 0 Å². The fourth-order valence-electron chi connectivity index (χ4n) is 1.84. The summed E-state index contributed by atoms with van der Waals surface area (Å²) in [5, 5.41) is 9.23. The largest absolute Gasteiger partial charge is 0.508 e. The molecule has 0 radical (unpaired) electrons. The highest BCUT2D eigenvalue weighted by molar-refractivity contribution is 5.38. The van der Waals surface area contributed by atoms with Crippen molar-refractivity contribution in [2.75, 3.05) is 0 Å². The van der Waals surface area contributed by atoms with Crippen LogP contribution in [0.15, 0.2) is 18.2 Å². The highest BCUT2D eigenvalue weighted by atomic mass is 16.3. The third-order valence-electron chi connectivity index (χ3n) is 2.49. The van der Waals surface area contributed by atoms with Gasteiger partial charge < -0.3 is 10.8 Å². The molecule has 0 amide bonds. The first kappa shape index (κ1) is 7.62. The zero-order valence-electron chi connectivity index (χ0n) is 6.96. The summed E-state index contributed by atoms with van der Waals surface area (Å²) < 4.78 is 0. The number of hydrogen-bond donors (Lipinski definition) is 2. The van der Waals surface area contributed by atoms with Crippen LogP contribution in [0.4, 0.5) is 0 Å². The maximum absolute atomic E-state index is 9.23. The summed E-state index contributed by atoms with van der Waals surface area (Å²) in [7, 11) is 0. The Bertz CT molecular complexity index is 296. The minimum atomic E-state index is 0.175. The van der Waals surface area contributed by atoms with Crippen molar-refractivity contribution < 1.29 is 5.11 Å². The smallest absolute Gasteiger partial charge is 0.115 e. The highest BCUT2D eigenvalue weighted by Gasteiger charge is 2.16. The zero-order valence-corrected chi connectivity index (χ0v) is 6.96. The Morgan fingerprint density at radius 1 is 1.42 bits per heavy atom. The molecule has 1 aromatic carbocycles. The molecule has 1 atom stereocenters. The Balaban J connectivity index is 2.46. The molecule has 64 valence electrons. The van der Waals surface area contributed by atoms with E-state index in [2.05, 4.69) is 0 Å². The van der Waals surface area contributed by atoms with Crippen LogP contribution in [0.5, 0.6) is 5.75 Å². The average molecular weight is 163 g/mol. The molecule has 2 rings (SSSR count). The Morgan fingerprint density at radius 2 is 2.25 bits per heavy atom. The van der Waals surface area contributed by atoms with E-state index in [9.17, 15) is 5.11 Å². The van der Waals surface area contributed by atoms with Crippen molar-refractivity contribution in [3.8, 4) is 5.75 Å². The van der Waals surface area contributed by atoms with Crippen LogP contribution in [0.25, 0.3) is 0 Å². The van der Waals surface area contributed by atoms with Crippen molar-refractivity contribution >= 4 is 0 Å². The van der Waals surface area contributed by atoms with Crippen molar-refractivity contribution in [1.29, 1.82) is 0 Å². The number of phenols is 1. The highest BCUT2D eigenvalue weighted by Crippen LogP contribution is 2.29. The Hall–Kier alpha value is -1.02. The van der Waals surface area contributed by atoms with Crippen LogP contribution in [0.2, 0.25) is 0 Å². The molecule has 1 aliphatic rings. The summed E-state index contributed by atoms with van der Waals surface area (Å²) in [6.45, 7) is 0. The zero-order chi connectivity index (χ0) is 8.55. The number of phenolic OH excluding ortho intramolecular Hbond substituents is 1. The van der Waals surface area contributed by atoms with Gasteiger partial charge in [-0.25, -0.2) is 0 Å². The van der Waals surface area contributed by atoms with Crippen LogP contribution >= 0.6 is 0 Å². The molecule has 1 aliphatic carbocycles. The number of aryl methyl sites for hydroxylation is 1. The molecule has 0 heterocycles. The lowest BCUT2D eigenvalue weighted by atomic mass is 9.88. The summed E-state index contributed by atoms with van der Waals surface area (Å²) in [5.74, 6) is 0.350. The number of fused-ring (bicyclic) bond motifs is 1. The molecule has 1 aromatic rings. The van der Waals surface area contributed by atoms with Crippen LogP contribution in [-0.4, -0.2) is 5.11 Å². The topological polar surface area (TPSA) is 46.2 Å². The van der Waals surface area contributed by atoms with Gasteiger partial charge in [-0.05, 0) is 42.5 Å². The SMILES string of the molecule is N[C@H]1CCCc2cc(O)ccc21. The number of aromatic hydroxyl groups is 1. The number of benzene rings is 1. The molecule has 0 aliphatic heterocycles. The third-order valence-corrected chi connectivity index (χ3v) is 2.49. The van der Waals surface area contributed by atoms with Gasteiger partial charge in [0.05, 0.1) is 0 Å². The molecule has 0 aromatic heterocycles. The lowest BCUT2D eigenvalue weighted by Gasteiger charge is -2.21. The van der Waals surface area contributed by atoms with Gasteiger partial charge in [0.1, 0.15) is 5.75 Å². The van der Waals surface area contributed by atoms with E-state index in [1.165, 1.54) is 11.1 Å². The lowest BCUT2D eigenvalue weighted by Crippen LogP contribution is -2.16. The van der Waals surface area contributed by atoms with Crippen LogP contribution in [0.1, 0.15) is 30.0 Å². The first-order chi connectivity index (χ1) is 5.77. The van der Waals surface area contributed by atoms with Gasteiger partial charge in [0.2, 0.25) is 0 Å². The van der Waals surface area contributed by atoms with E-state index >= 15 is 0 Å². The van der Waals surface area contributed by atoms with E-state index in [4.69, 9.17) is 5.73 Å². The van der Waals surface area contributed by atoms with Gasteiger partial charge in [-0.3, -0.25) is 0 Å². The number of rotatable bonds is 0. The molecular formula is C10H13NO. The second-order valence-electron chi connectivity index (χ2n) is 3.38.